The van der Waals surface area contributed by atoms with Crippen molar-refractivity contribution in [3.8, 4) is 0 Å². The fourth-order valence-corrected chi connectivity index (χ4v) is 2.74. The van der Waals surface area contributed by atoms with Gasteiger partial charge in [-0.15, -0.1) is 0 Å². The number of thioether (sulfide) groups is 1. The van der Waals surface area contributed by atoms with Crippen molar-refractivity contribution < 1.29 is 9.90 Å². The molecule has 2 aliphatic heterocycles. The second kappa shape index (κ2) is 3.59. The minimum absolute atomic E-state index is 0.175. The first-order chi connectivity index (χ1) is 6.29. The van der Waals surface area contributed by atoms with Crippen LogP contribution in [0.5, 0.6) is 0 Å². The van der Waals surface area contributed by atoms with Crippen LogP contribution < -0.4 is 0 Å². The molecule has 0 aromatic rings. The maximum atomic E-state index is 11.4. The quantitative estimate of drug-likeness (QED) is 0.657. The Morgan fingerprint density at radius 2 is 2.46 bits per heavy atom. The molecule has 2 rings (SSSR count). The van der Waals surface area contributed by atoms with Gasteiger partial charge in [-0.2, -0.15) is 11.8 Å². The van der Waals surface area contributed by atoms with Crippen LogP contribution in [0.25, 0.3) is 0 Å². The van der Waals surface area contributed by atoms with E-state index >= 15 is 0 Å². The molecule has 0 radical (unpaired) electrons. The molecule has 2 aliphatic rings. The van der Waals surface area contributed by atoms with Gasteiger partial charge in [0.2, 0.25) is 12.0 Å². The molecule has 4 nitrogen and oxygen atoms in total. The molecule has 0 aromatic carbocycles. The molecule has 0 amide bonds. The standard InChI is InChI=1S/C8H10N2O2S/c11-7-6(5-2-1-3-13-5)9-4-10-8(7)12/h4-5,8,12H,1-3H2. The molecule has 2 unspecified atom stereocenters. The molecule has 2 atom stereocenters. The Bertz CT molecular complexity index is 282. The number of aliphatic imine (C=N–C) groups is 2. The van der Waals surface area contributed by atoms with Gasteiger partial charge in [-0.3, -0.25) is 4.79 Å². The van der Waals surface area contributed by atoms with Crippen molar-refractivity contribution in [2.24, 2.45) is 9.98 Å². The number of aliphatic hydroxyl groups is 1. The lowest BCUT2D eigenvalue weighted by molar-refractivity contribution is -0.120. The van der Waals surface area contributed by atoms with Crippen molar-refractivity contribution in [3.63, 3.8) is 0 Å². The van der Waals surface area contributed by atoms with Gasteiger partial charge in [0.05, 0.1) is 5.25 Å². The maximum absolute atomic E-state index is 11.4. The topological polar surface area (TPSA) is 62.0 Å². The summed E-state index contributed by atoms with van der Waals surface area (Å²) in [5, 5.41) is 9.35. The first-order valence-corrected chi connectivity index (χ1v) is 5.27. The highest BCUT2D eigenvalue weighted by Crippen LogP contribution is 2.28. The summed E-state index contributed by atoms with van der Waals surface area (Å²) in [7, 11) is 0. The molecule has 70 valence electrons. The second-order valence-corrected chi connectivity index (χ2v) is 4.33. The van der Waals surface area contributed by atoms with E-state index in [4.69, 9.17) is 0 Å². The normalized spacial score (nSPS) is 33.6. The van der Waals surface area contributed by atoms with Crippen LogP contribution in [0.1, 0.15) is 12.8 Å². The summed E-state index contributed by atoms with van der Waals surface area (Å²) in [5.74, 6) is 0.742. The van der Waals surface area contributed by atoms with Crippen molar-refractivity contribution in [1.29, 1.82) is 0 Å². The summed E-state index contributed by atoms with van der Waals surface area (Å²) in [5.41, 5.74) is 0.491. The molecule has 0 saturated carbocycles. The van der Waals surface area contributed by atoms with Crippen molar-refractivity contribution in [3.05, 3.63) is 0 Å². The SMILES string of the molecule is O=C1C(C2CCCS2)=NC=NC1O. The third-order valence-corrected chi connectivity index (χ3v) is 3.51. The Morgan fingerprint density at radius 3 is 3.15 bits per heavy atom. The zero-order valence-electron chi connectivity index (χ0n) is 7.01. The molecule has 0 bridgehead atoms. The first kappa shape index (κ1) is 8.90. The van der Waals surface area contributed by atoms with Crippen molar-refractivity contribution in [2.45, 2.75) is 24.3 Å². The lowest BCUT2D eigenvalue weighted by Gasteiger charge is -2.14. The average molecular weight is 198 g/mol. The molecule has 1 fully saturated rings. The third-order valence-electron chi connectivity index (χ3n) is 2.13. The molecular weight excluding hydrogens is 188 g/mol. The molecule has 2 heterocycles. The molecule has 0 aromatic heterocycles. The summed E-state index contributed by atoms with van der Waals surface area (Å²) >= 11 is 1.73. The van der Waals surface area contributed by atoms with Crippen LogP contribution in [-0.4, -0.2) is 40.2 Å². The Balaban J connectivity index is 2.17. The molecule has 13 heavy (non-hydrogen) atoms. The lowest BCUT2D eigenvalue weighted by Crippen LogP contribution is -2.35. The van der Waals surface area contributed by atoms with E-state index in [1.807, 2.05) is 0 Å². The fourth-order valence-electron chi connectivity index (χ4n) is 1.46. The minimum Gasteiger partial charge on any atom is -0.365 e. The lowest BCUT2D eigenvalue weighted by atomic mass is 10.1. The van der Waals surface area contributed by atoms with Gasteiger partial charge in [0, 0.05) is 0 Å². The molecule has 0 spiro atoms. The van der Waals surface area contributed by atoms with Gasteiger partial charge in [0.15, 0.2) is 0 Å². The summed E-state index contributed by atoms with van der Waals surface area (Å²) in [6.07, 6.45) is 2.17. The average Bonchev–Trinajstić information content (AvgIpc) is 2.62. The van der Waals surface area contributed by atoms with Crippen LogP contribution in [0.3, 0.4) is 0 Å². The zero-order valence-corrected chi connectivity index (χ0v) is 7.83. The number of carbonyl (C=O) groups excluding carboxylic acids is 1. The smallest absolute Gasteiger partial charge is 0.229 e. The van der Waals surface area contributed by atoms with E-state index in [-0.39, 0.29) is 11.0 Å². The van der Waals surface area contributed by atoms with Gasteiger partial charge in [-0.25, -0.2) is 9.98 Å². The molecule has 5 heteroatoms. The maximum Gasteiger partial charge on any atom is 0.229 e. The molecule has 1 N–H and O–H groups in total. The van der Waals surface area contributed by atoms with Crippen LogP contribution in [0.4, 0.5) is 0 Å². The fraction of sp³-hybridized carbons (Fsp3) is 0.625. The largest absolute Gasteiger partial charge is 0.365 e. The summed E-state index contributed by atoms with van der Waals surface area (Å²) in [6.45, 7) is 0. The number of carbonyl (C=O) groups is 1. The van der Waals surface area contributed by atoms with Gasteiger partial charge in [0.1, 0.15) is 12.1 Å². The van der Waals surface area contributed by atoms with E-state index in [2.05, 4.69) is 9.98 Å². The predicted octanol–water partition coefficient (Wildman–Crippen LogP) is 0.252. The van der Waals surface area contributed by atoms with Gasteiger partial charge in [-0.05, 0) is 18.6 Å². The highest BCUT2D eigenvalue weighted by Gasteiger charge is 2.31. The number of ketones is 1. The van der Waals surface area contributed by atoms with Crippen molar-refractivity contribution in [1.82, 2.24) is 0 Å². The van der Waals surface area contributed by atoms with Crippen LogP contribution >= 0.6 is 11.8 Å². The first-order valence-electron chi connectivity index (χ1n) is 4.22. The molecule has 0 aliphatic carbocycles. The molecule has 1 saturated heterocycles. The van der Waals surface area contributed by atoms with Gasteiger partial charge in [0.25, 0.3) is 0 Å². The van der Waals surface area contributed by atoms with Crippen LogP contribution in [0.2, 0.25) is 0 Å². The highest BCUT2D eigenvalue weighted by molar-refractivity contribution is 8.01. The van der Waals surface area contributed by atoms with E-state index in [1.165, 1.54) is 6.34 Å². The van der Waals surface area contributed by atoms with E-state index < -0.39 is 6.23 Å². The summed E-state index contributed by atoms with van der Waals surface area (Å²) < 4.78 is 0. The molecular formula is C8H10N2O2S. The highest BCUT2D eigenvalue weighted by atomic mass is 32.2. The monoisotopic (exact) mass is 198 g/mol. The number of rotatable bonds is 1. The Labute approximate surface area is 80.2 Å². The van der Waals surface area contributed by atoms with Crippen LogP contribution in [0, 0.1) is 0 Å². The van der Waals surface area contributed by atoms with Gasteiger partial charge < -0.3 is 5.11 Å². The Hall–Kier alpha value is -0.680. The minimum atomic E-state index is -1.21. The van der Waals surface area contributed by atoms with E-state index in [0.29, 0.717) is 5.71 Å². The van der Waals surface area contributed by atoms with Crippen molar-refractivity contribution in [2.75, 3.05) is 5.75 Å². The van der Waals surface area contributed by atoms with Crippen LogP contribution in [0.15, 0.2) is 9.98 Å². The second-order valence-electron chi connectivity index (χ2n) is 3.02. The Morgan fingerprint density at radius 1 is 1.62 bits per heavy atom. The number of hydrogen-bond donors (Lipinski definition) is 1. The number of nitrogens with zero attached hydrogens (tertiary/aromatic N) is 2. The number of aliphatic hydroxyl groups excluding tert-OH is 1. The number of hydrogen-bond acceptors (Lipinski definition) is 5. The zero-order chi connectivity index (χ0) is 9.26. The Kier molecular flexibility index (Phi) is 2.46. The van der Waals surface area contributed by atoms with Crippen LogP contribution in [-0.2, 0) is 4.79 Å². The predicted molar refractivity (Wildman–Crippen MR) is 52.4 cm³/mol. The van der Waals surface area contributed by atoms with E-state index in [9.17, 15) is 9.90 Å². The summed E-state index contributed by atoms with van der Waals surface area (Å²) in [6, 6.07) is 0. The van der Waals surface area contributed by atoms with Gasteiger partial charge in [-0.1, -0.05) is 0 Å². The van der Waals surface area contributed by atoms with Gasteiger partial charge >= 0.3 is 0 Å². The third kappa shape index (κ3) is 1.66. The number of Topliss-reactive ketones (excluding diaryl/α,β-unsaturated/α-hetero) is 1. The summed E-state index contributed by atoms with van der Waals surface area (Å²) in [4.78, 5) is 18.9. The van der Waals surface area contributed by atoms with E-state index in [1.54, 1.807) is 11.8 Å². The van der Waals surface area contributed by atoms with Crippen molar-refractivity contribution >= 4 is 29.6 Å². The van der Waals surface area contributed by atoms with E-state index in [0.717, 1.165) is 18.6 Å².